The number of methoxy groups -OCH3 is 1. The van der Waals surface area contributed by atoms with Gasteiger partial charge in [-0.1, -0.05) is 4.98 Å². The first kappa shape index (κ1) is 55.9. The van der Waals surface area contributed by atoms with Crippen molar-refractivity contribution in [1.29, 1.82) is 0 Å². The van der Waals surface area contributed by atoms with Gasteiger partial charge in [0, 0.05) is 45.8 Å². The smallest absolute Gasteiger partial charge is 0.387 e. The number of imidazole rings is 2. The van der Waals surface area contributed by atoms with Crippen molar-refractivity contribution in [2.24, 2.45) is 13.0 Å². The van der Waals surface area contributed by atoms with Crippen molar-refractivity contribution in [2.45, 2.75) is 73.9 Å². The lowest BCUT2D eigenvalue weighted by atomic mass is 9.94. The number of nitrogens with two attached hydrogens (primary N) is 2. The summed E-state index contributed by atoms with van der Waals surface area (Å²) in [7, 11) is -12.2. The van der Waals surface area contributed by atoms with Crippen molar-refractivity contribution in [3.05, 3.63) is 62.4 Å². The number of aliphatic hydroxyl groups is 3. The summed E-state index contributed by atoms with van der Waals surface area (Å²) in [4.78, 5) is 103. The minimum Gasteiger partial charge on any atom is -0.387 e. The summed E-state index contributed by atoms with van der Waals surface area (Å²) in [6.45, 7) is -3.19. The standard InChI is InChI=1S/C36H50N13O23P3/c1-45(2)20(51)7-15-16(68-32(23(15)52)49-13-46(3)22-30(49)43-35(38)44-31(22)55)9-66-73(57,58)71-75(61,62)72-74(59,60)67-10-18-26(27(63-4)34(70-18)48-12-41-21-28(37)39-11-40-29(21)48)65-14-64-8-17-24(53)25(54)33(69-17)47-6-5-19(50)42-36(47)56/h5-6,11-13,15-18,23-27,32-34,52-54H,7-10,14H2,1-4H3,(H8-,37,38,39,40,42,43,44,50,55,56,57,58,59,60,61,62)/p+1/t15-,16-,17-,18-,23-,24-,25-,26-,27-,32-,33-,34-/m1/s1. The molecule has 3 saturated heterocycles. The van der Waals surface area contributed by atoms with E-state index in [0.29, 0.717) is 0 Å². The Morgan fingerprint density at radius 2 is 1.53 bits per heavy atom. The number of carbonyl (C=O) groups is 1. The lowest BCUT2D eigenvalue weighted by molar-refractivity contribution is -0.745. The highest BCUT2D eigenvalue weighted by Crippen LogP contribution is 2.68. The molecule has 75 heavy (non-hydrogen) atoms. The van der Waals surface area contributed by atoms with Crippen molar-refractivity contribution in [3.8, 4) is 0 Å². The van der Waals surface area contributed by atoms with Gasteiger partial charge in [0.25, 0.3) is 17.1 Å². The van der Waals surface area contributed by atoms with Gasteiger partial charge in [-0.3, -0.25) is 47.1 Å². The molecule has 0 bridgehead atoms. The number of amides is 1. The number of nitrogens with one attached hydrogen (secondary N) is 2. The maximum absolute atomic E-state index is 13.3. The molecule has 36 nitrogen and oxygen atoms in total. The number of carbonyl (C=O) groups excluding carboxylic acids is 1. The van der Waals surface area contributed by atoms with Crippen molar-refractivity contribution in [3.63, 3.8) is 0 Å². The van der Waals surface area contributed by atoms with Crippen LogP contribution in [0.3, 0.4) is 0 Å². The number of aliphatic hydroxyl groups excluding tert-OH is 3. The molecule has 3 aliphatic rings. The van der Waals surface area contributed by atoms with Crippen LogP contribution in [0.5, 0.6) is 0 Å². The Morgan fingerprint density at radius 1 is 0.853 bits per heavy atom. The van der Waals surface area contributed by atoms with Crippen molar-refractivity contribution in [2.75, 3.05) is 59.3 Å². The molecule has 12 N–H and O–H groups in total. The van der Waals surface area contributed by atoms with Crippen LogP contribution >= 0.6 is 23.5 Å². The van der Waals surface area contributed by atoms with Crippen molar-refractivity contribution >= 4 is 63.5 Å². The molecule has 0 saturated carbocycles. The largest absolute Gasteiger partial charge is 0.490 e. The lowest BCUT2D eigenvalue weighted by Crippen LogP contribution is -2.45. The number of fused-ring (bicyclic) bond motifs is 2. The van der Waals surface area contributed by atoms with E-state index in [9.17, 15) is 62.9 Å². The van der Waals surface area contributed by atoms with Crippen LogP contribution in [0.1, 0.15) is 25.1 Å². The van der Waals surface area contributed by atoms with E-state index in [-0.39, 0.29) is 34.1 Å². The summed E-state index contributed by atoms with van der Waals surface area (Å²) in [5.41, 5.74) is 9.68. The second kappa shape index (κ2) is 22.0. The van der Waals surface area contributed by atoms with Crippen LogP contribution < -0.4 is 32.8 Å². The van der Waals surface area contributed by atoms with Crippen LogP contribution in [0.25, 0.3) is 22.3 Å². The zero-order chi connectivity index (χ0) is 54.5. The van der Waals surface area contributed by atoms with Crippen LogP contribution in [0, 0.1) is 5.92 Å². The number of rotatable bonds is 21. The lowest BCUT2D eigenvalue weighted by Gasteiger charge is -2.24. The van der Waals surface area contributed by atoms with E-state index in [1.807, 2.05) is 4.98 Å². The molecule has 3 unspecified atom stereocenters. The molecule has 15 atom stereocenters. The average Bonchev–Trinajstić information content (AvgIpc) is 4.12. The minimum absolute atomic E-state index is 0.00690. The molecule has 1 amide bonds. The normalized spacial score (nSPS) is 29.4. The van der Waals surface area contributed by atoms with Crippen LogP contribution in [0.2, 0.25) is 0 Å². The molecule has 0 aliphatic carbocycles. The number of phosphoric ester groups is 2. The Morgan fingerprint density at radius 3 is 2.20 bits per heavy atom. The van der Waals surface area contributed by atoms with Gasteiger partial charge < -0.3 is 74.8 Å². The van der Waals surface area contributed by atoms with Gasteiger partial charge in [0.1, 0.15) is 61.4 Å². The number of phosphoric acid groups is 3. The van der Waals surface area contributed by atoms with E-state index in [0.717, 1.165) is 23.2 Å². The maximum Gasteiger partial charge on any atom is 0.490 e. The third-order valence-corrected chi connectivity index (χ3v) is 16.3. The second-order valence-corrected chi connectivity index (χ2v) is 21.8. The van der Waals surface area contributed by atoms with E-state index >= 15 is 0 Å². The number of nitrogens with zero attached hydrogens (tertiary/aromatic N) is 9. The van der Waals surface area contributed by atoms with E-state index < -0.39 is 153 Å². The fourth-order valence-electron chi connectivity index (χ4n) is 8.52. The van der Waals surface area contributed by atoms with Gasteiger partial charge in [0.2, 0.25) is 17.7 Å². The number of anilines is 2. The number of aromatic nitrogens is 10. The monoisotopic (exact) mass is 1130 g/mol. The van der Waals surface area contributed by atoms with E-state index in [1.165, 1.54) is 59.5 Å². The number of ether oxygens (including phenoxy) is 6. The molecule has 8 rings (SSSR count). The Labute approximate surface area is 419 Å². The van der Waals surface area contributed by atoms with Gasteiger partial charge in [0.15, 0.2) is 30.2 Å². The zero-order valence-electron chi connectivity index (χ0n) is 39.5. The highest BCUT2D eigenvalue weighted by Gasteiger charge is 2.52. The van der Waals surface area contributed by atoms with Gasteiger partial charge in [-0.05, 0) is 0 Å². The number of aryl methyl sites for hydroxylation is 1. The Kier molecular flexibility index (Phi) is 16.4. The molecular weight excluding hydrogens is 1080 g/mol. The molecule has 5 aromatic heterocycles. The SMILES string of the molecule is CO[C@@H]1[C@H](OCOC[C@H]2O[C@@H](n3ccc(=O)[nH]c3=O)[C@H](O)[C@@H]2O)[C@@H](COP(=O)(O)OP(=O)(O)OP(=O)(O)OC[C@H]2O[C@@H]([n+]3cn(C)c4c(=O)[nH]c(N)nc43)[C@H](O)[C@@H]2CC(=O)N(C)C)O[C@H]1n1cnc2c(N)ncnc21. The molecule has 0 aromatic carbocycles. The first-order valence-corrected chi connectivity index (χ1v) is 26.4. The number of hydrogen-bond donors (Lipinski definition) is 10. The van der Waals surface area contributed by atoms with Gasteiger partial charge in [-0.25, -0.2) is 38.0 Å². The van der Waals surface area contributed by atoms with E-state index in [2.05, 4.69) is 33.5 Å². The Bertz CT molecular complexity index is 3240. The number of H-pyrrole nitrogens is 2. The highest BCUT2D eigenvalue weighted by atomic mass is 31.3. The number of nitrogen functional groups attached to an aromatic ring is 2. The second-order valence-electron chi connectivity index (χ2n) is 17.2. The van der Waals surface area contributed by atoms with Crippen LogP contribution in [0.15, 0.2) is 45.6 Å². The average molecular weight is 1130 g/mol. The first-order valence-electron chi connectivity index (χ1n) is 21.9. The number of aromatic amines is 2. The Hall–Kier alpha value is -5.30. The van der Waals surface area contributed by atoms with Gasteiger partial charge in [0.05, 0.1) is 39.3 Å². The molecule has 0 radical (unpaired) electrons. The quantitative estimate of drug-likeness (QED) is 0.0144. The van der Waals surface area contributed by atoms with Crippen molar-refractivity contribution in [1.82, 2.24) is 48.5 Å². The predicted octanol–water partition coefficient (Wildman–Crippen LogP) is -4.29. The third-order valence-electron chi connectivity index (χ3n) is 12.0. The van der Waals surface area contributed by atoms with Crippen LogP contribution in [-0.4, -0.2) is 181 Å². The van der Waals surface area contributed by atoms with Crippen LogP contribution in [0.4, 0.5) is 11.8 Å². The topological polar surface area (TPSA) is 490 Å². The summed E-state index contributed by atoms with van der Waals surface area (Å²) >= 11 is 0. The number of hydrogen-bond acceptors (Lipinski definition) is 26. The highest BCUT2D eigenvalue weighted by molar-refractivity contribution is 7.66. The van der Waals surface area contributed by atoms with E-state index in [1.54, 1.807) is 0 Å². The first-order chi connectivity index (χ1) is 35.3. The molecule has 412 valence electrons. The zero-order valence-corrected chi connectivity index (χ0v) is 42.2. The molecule has 3 fully saturated rings. The summed E-state index contributed by atoms with van der Waals surface area (Å²) in [5.74, 6) is -2.03. The molecule has 39 heteroatoms. The summed E-state index contributed by atoms with van der Waals surface area (Å²) in [5, 5.41) is 32.7. The predicted molar refractivity (Wildman–Crippen MR) is 244 cm³/mol. The summed E-state index contributed by atoms with van der Waals surface area (Å²) in [6.07, 6.45) is -11.3. The molecule has 8 heterocycles. The van der Waals surface area contributed by atoms with Crippen molar-refractivity contribution < 1.29 is 99.1 Å². The third kappa shape index (κ3) is 12.0. The molecule has 5 aromatic rings. The fourth-order valence-corrected chi connectivity index (χ4v) is 12.0. The molecule has 3 aliphatic heterocycles. The minimum atomic E-state index is -6.13. The molecule has 0 spiro atoms. The maximum atomic E-state index is 13.3. The van der Waals surface area contributed by atoms with Gasteiger partial charge in [-0.2, -0.15) is 8.62 Å². The molecular formula is C36H51N13O23P3+. The fraction of sp³-hybridized carbons (Fsp3) is 0.583. The van der Waals surface area contributed by atoms with Gasteiger partial charge >= 0.3 is 34.8 Å². The summed E-state index contributed by atoms with van der Waals surface area (Å²) in [6, 6.07) is 1.00. The summed E-state index contributed by atoms with van der Waals surface area (Å²) < 4.78 is 97.8. The van der Waals surface area contributed by atoms with E-state index in [4.69, 9.17) is 48.9 Å². The Balaban J connectivity index is 0.925. The van der Waals surface area contributed by atoms with Gasteiger partial charge in [-0.15, -0.1) is 0 Å². The van der Waals surface area contributed by atoms with Crippen LogP contribution in [-0.2, 0) is 71.6 Å².